The monoisotopic (exact) mass is 296 g/mol. The Balaban J connectivity index is 0.000000210. The predicted octanol–water partition coefficient (Wildman–Crippen LogP) is 5.49. The summed E-state index contributed by atoms with van der Waals surface area (Å²) in [5.41, 5.74) is 0. The van der Waals surface area contributed by atoms with Crippen LogP contribution in [0.1, 0.15) is 6.42 Å². The summed E-state index contributed by atoms with van der Waals surface area (Å²) in [6.45, 7) is 0. The Labute approximate surface area is 130 Å². The van der Waals surface area contributed by atoms with E-state index in [1.165, 1.54) is 21.5 Å². The Morgan fingerprint density at radius 1 is 0.550 bits per heavy atom. The van der Waals surface area contributed by atoms with Crippen LogP contribution in [0.5, 0.6) is 0 Å². The third kappa shape index (κ3) is 3.20. The van der Waals surface area contributed by atoms with Gasteiger partial charge in [-0.2, -0.15) is 0 Å². The fourth-order valence-corrected chi connectivity index (χ4v) is 2.35. The van der Waals surface area contributed by atoms with Gasteiger partial charge in [-0.15, -0.1) is 0 Å². The molecule has 0 atom stereocenters. The third-order valence-electron chi connectivity index (χ3n) is 3.31. The van der Waals surface area contributed by atoms with Crippen molar-refractivity contribution in [2.75, 3.05) is 0 Å². The van der Waals surface area contributed by atoms with Crippen molar-refractivity contribution in [2.24, 2.45) is 0 Å². The zero-order valence-electron chi connectivity index (χ0n) is 11.2. The molecule has 0 unspecified atom stereocenters. The van der Waals surface area contributed by atoms with Crippen LogP contribution < -0.4 is 0 Å². The first kappa shape index (κ1) is 14.6. The molecule has 4 rings (SSSR count). The van der Waals surface area contributed by atoms with Crippen LogP contribution in [0, 0.1) is 0 Å². The van der Waals surface area contributed by atoms with Gasteiger partial charge in [-0.3, -0.25) is 0 Å². The molecule has 0 nitrogen and oxygen atoms in total. The van der Waals surface area contributed by atoms with Crippen LogP contribution in [0.25, 0.3) is 21.5 Å². The molecule has 20 heavy (non-hydrogen) atoms. The summed E-state index contributed by atoms with van der Waals surface area (Å²) < 4.78 is 0. The van der Waals surface area contributed by atoms with Gasteiger partial charge in [-0.05, 0) is 28.0 Å². The van der Waals surface area contributed by atoms with E-state index in [4.69, 9.17) is 0 Å². The minimum atomic E-state index is 0. The Morgan fingerprint density at radius 3 is 1.40 bits per heavy atom. The van der Waals surface area contributed by atoms with Crippen LogP contribution in [-0.2, 0) is 17.4 Å². The predicted molar refractivity (Wildman–Crippen MR) is 84.4 cm³/mol. The zero-order valence-corrected chi connectivity index (χ0v) is 12.5. The molecule has 0 amide bonds. The quantitative estimate of drug-likeness (QED) is 0.481. The molecule has 1 heteroatoms. The van der Waals surface area contributed by atoms with E-state index in [0.717, 1.165) is 6.42 Å². The van der Waals surface area contributed by atoms with Gasteiger partial charge in [0.2, 0.25) is 0 Å². The van der Waals surface area contributed by atoms with Crippen LogP contribution in [0.15, 0.2) is 85.0 Å². The average molecular weight is 296 g/mol. The molecule has 0 fully saturated rings. The number of hydrogen-bond acceptors (Lipinski definition) is 0. The maximum Gasteiger partial charge on any atom is 0 e. The van der Waals surface area contributed by atoms with Gasteiger partial charge >= 0.3 is 0 Å². The normalized spacial score (nSPS) is 12.0. The molecule has 0 heterocycles. The molecule has 0 radical (unpaired) electrons. The van der Waals surface area contributed by atoms with E-state index >= 15 is 0 Å². The number of rotatable bonds is 0. The van der Waals surface area contributed by atoms with Gasteiger partial charge in [-0.25, -0.2) is 0 Å². The van der Waals surface area contributed by atoms with E-state index in [9.17, 15) is 0 Å². The second-order valence-electron chi connectivity index (χ2n) is 4.60. The summed E-state index contributed by atoms with van der Waals surface area (Å²) >= 11 is 0. The molecule has 1 aliphatic rings. The van der Waals surface area contributed by atoms with Crippen molar-refractivity contribution in [3.8, 4) is 0 Å². The van der Waals surface area contributed by atoms with E-state index in [0.29, 0.717) is 0 Å². The van der Waals surface area contributed by atoms with Crippen molar-refractivity contribution in [2.45, 2.75) is 6.42 Å². The summed E-state index contributed by atoms with van der Waals surface area (Å²) in [7, 11) is 0. The second-order valence-corrected chi connectivity index (χ2v) is 4.60. The number of fused-ring (bicyclic) bond motifs is 3. The Hall–Kier alpha value is -1.81. The number of hydrogen-bond donors (Lipinski definition) is 0. The van der Waals surface area contributed by atoms with E-state index < -0.39 is 0 Å². The Kier molecular flexibility index (Phi) is 5.18. The van der Waals surface area contributed by atoms with Gasteiger partial charge in [0, 0.05) is 17.4 Å². The largest absolute Gasteiger partial charge is 0.0808 e. The average Bonchev–Trinajstić information content (AvgIpc) is 3.07. The number of allylic oxidation sites excluding steroid dienone is 4. The molecule has 0 aromatic heterocycles. The molecule has 0 spiro atoms. The van der Waals surface area contributed by atoms with E-state index in [1.54, 1.807) is 0 Å². The van der Waals surface area contributed by atoms with Crippen molar-refractivity contribution in [3.05, 3.63) is 85.0 Å². The fraction of sp³-hybridized carbons (Fsp3) is 0.0526. The van der Waals surface area contributed by atoms with Gasteiger partial charge in [0.05, 0.1) is 0 Å². The summed E-state index contributed by atoms with van der Waals surface area (Å²) in [5.74, 6) is 0. The van der Waals surface area contributed by atoms with Crippen molar-refractivity contribution < 1.29 is 17.4 Å². The molecule has 0 bridgehead atoms. The van der Waals surface area contributed by atoms with Gasteiger partial charge in [0.25, 0.3) is 0 Å². The molecule has 3 aromatic rings. The first-order valence-electron chi connectivity index (χ1n) is 6.63. The van der Waals surface area contributed by atoms with Crippen molar-refractivity contribution >= 4 is 21.5 Å². The molecule has 0 N–H and O–H groups in total. The SMILES string of the molecule is C1=CCC=C1.[Cr].c1ccc2c(c1)ccc1ccccc12. The molecule has 1 aliphatic carbocycles. The Bertz CT molecular complexity index is 689. The minimum Gasteiger partial charge on any atom is -0.0808 e. The minimum absolute atomic E-state index is 0. The van der Waals surface area contributed by atoms with E-state index in [1.807, 2.05) is 0 Å². The van der Waals surface area contributed by atoms with Crippen molar-refractivity contribution in [3.63, 3.8) is 0 Å². The van der Waals surface area contributed by atoms with Gasteiger partial charge in [0.15, 0.2) is 0 Å². The Morgan fingerprint density at radius 2 is 1.00 bits per heavy atom. The second kappa shape index (κ2) is 7.10. The van der Waals surface area contributed by atoms with E-state index in [2.05, 4.69) is 85.0 Å². The first-order valence-corrected chi connectivity index (χ1v) is 6.63. The molecular formula is C19H16Cr. The first-order chi connectivity index (χ1) is 9.45. The topological polar surface area (TPSA) is 0 Å². The van der Waals surface area contributed by atoms with E-state index in [-0.39, 0.29) is 17.4 Å². The van der Waals surface area contributed by atoms with Crippen LogP contribution >= 0.6 is 0 Å². The van der Waals surface area contributed by atoms with Crippen LogP contribution in [-0.4, -0.2) is 0 Å². The van der Waals surface area contributed by atoms with Crippen LogP contribution in [0.4, 0.5) is 0 Å². The van der Waals surface area contributed by atoms with Crippen LogP contribution in [0.2, 0.25) is 0 Å². The number of benzene rings is 3. The maximum absolute atomic E-state index is 2.18. The summed E-state index contributed by atoms with van der Waals surface area (Å²) in [5, 5.41) is 5.30. The standard InChI is InChI=1S/C14H10.C5H6.Cr/c1-3-7-13-11(5-1)9-10-12-6-2-4-8-14(12)13;1-2-4-5-3-1;/h1-10H;1-4H,5H2;. The van der Waals surface area contributed by atoms with Crippen molar-refractivity contribution in [1.29, 1.82) is 0 Å². The molecule has 0 saturated heterocycles. The van der Waals surface area contributed by atoms with Crippen LogP contribution in [0.3, 0.4) is 0 Å². The molecule has 0 aliphatic heterocycles. The molecule has 0 saturated carbocycles. The summed E-state index contributed by atoms with van der Waals surface area (Å²) in [6.07, 6.45) is 9.50. The molecule has 3 aromatic carbocycles. The summed E-state index contributed by atoms with van der Waals surface area (Å²) in [6, 6.07) is 21.4. The third-order valence-corrected chi connectivity index (χ3v) is 3.31. The zero-order chi connectivity index (χ0) is 12.9. The van der Waals surface area contributed by atoms with Gasteiger partial charge in [-0.1, -0.05) is 85.0 Å². The summed E-state index contributed by atoms with van der Waals surface area (Å²) in [4.78, 5) is 0. The molecule has 98 valence electrons. The smallest absolute Gasteiger partial charge is 0 e. The molecular weight excluding hydrogens is 280 g/mol. The van der Waals surface area contributed by atoms with Gasteiger partial charge < -0.3 is 0 Å². The maximum atomic E-state index is 2.18. The fourth-order valence-electron chi connectivity index (χ4n) is 2.35. The van der Waals surface area contributed by atoms with Crippen molar-refractivity contribution in [1.82, 2.24) is 0 Å². The van der Waals surface area contributed by atoms with Gasteiger partial charge in [0.1, 0.15) is 0 Å².